The summed E-state index contributed by atoms with van der Waals surface area (Å²) in [6.45, 7) is 6.78. The standard InChI is InChI=1S/C21H26N2O3/c1-2-25-20-11-7-6-8-18(20)16-22-12-14-23(15-13-22)21(24)17-26-19-9-4-3-5-10-19/h3-11H,2,12-17H2,1H3. The van der Waals surface area contributed by atoms with E-state index in [-0.39, 0.29) is 12.5 Å². The van der Waals surface area contributed by atoms with Crippen molar-refractivity contribution >= 4 is 5.91 Å². The maximum absolute atomic E-state index is 12.3. The van der Waals surface area contributed by atoms with Crippen molar-refractivity contribution in [2.24, 2.45) is 0 Å². The topological polar surface area (TPSA) is 42.0 Å². The zero-order chi connectivity index (χ0) is 18.2. The number of hydrogen-bond acceptors (Lipinski definition) is 4. The number of carbonyl (C=O) groups is 1. The summed E-state index contributed by atoms with van der Waals surface area (Å²) in [4.78, 5) is 16.6. The molecule has 0 spiro atoms. The summed E-state index contributed by atoms with van der Waals surface area (Å²) in [5.41, 5.74) is 1.20. The summed E-state index contributed by atoms with van der Waals surface area (Å²) in [7, 11) is 0. The number of hydrogen-bond donors (Lipinski definition) is 0. The molecule has 2 aromatic rings. The second-order valence-electron chi connectivity index (χ2n) is 6.30. The number of ether oxygens (including phenoxy) is 2. The Hall–Kier alpha value is -2.53. The zero-order valence-corrected chi connectivity index (χ0v) is 15.3. The maximum atomic E-state index is 12.3. The molecule has 138 valence electrons. The van der Waals surface area contributed by atoms with E-state index in [4.69, 9.17) is 9.47 Å². The van der Waals surface area contributed by atoms with Gasteiger partial charge in [0.2, 0.25) is 0 Å². The third-order valence-electron chi connectivity index (χ3n) is 4.50. The number of rotatable bonds is 7. The predicted octanol–water partition coefficient (Wildman–Crippen LogP) is 2.81. The minimum atomic E-state index is 0.0446. The molecule has 1 amide bonds. The van der Waals surface area contributed by atoms with Crippen LogP contribution in [0.15, 0.2) is 54.6 Å². The number of benzene rings is 2. The molecule has 0 atom stereocenters. The minimum absolute atomic E-state index is 0.0446. The van der Waals surface area contributed by atoms with Crippen molar-refractivity contribution in [3.8, 4) is 11.5 Å². The van der Waals surface area contributed by atoms with Crippen LogP contribution in [0.4, 0.5) is 0 Å². The predicted molar refractivity (Wildman–Crippen MR) is 101 cm³/mol. The number of piperazine rings is 1. The van der Waals surface area contributed by atoms with Crippen LogP contribution in [-0.2, 0) is 11.3 Å². The largest absolute Gasteiger partial charge is 0.494 e. The van der Waals surface area contributed by atoms with Crippen LogP contribution < -0.4 is 9.47 Å². The van der Waals surface area contributed by atoms with E-state index in [2.05, 4.69) is 11.0 Å². The summed E-state index contributed by atoms with van der Waals surface area (Å²) in [6.07, 6.45) is 0. The fourth-order valence-corrected chi connectivity index (χ4v) is 3.08. The van der Waals surface area contributed by atoms with Crippen LogP contribution in [-0.4, -0.2) is 55.1 Å². The van der Waals surface area contributed by atoms with Gasteiger partial charge in [-0.3, -0.25) is 9.69 Å². The monoisotopic (exact) mass is 354 g/mol. The van der Waals surface area contributed by atoms with Gasteiger partial charge in [0.15, 0.2) is 6.61 Å². The van der Waals surface area contributed by atoms with Gasteiger partial charge in [0.1, 0.15) is 11.5 Å². The molecular weight excluding hydrogens is 328 g/mol. The first-order valence-corrected chi connectivity index (χ1v) is 9.15. The molecule has 1 saturated heterocycles. The Morgan fingerprint density at radius 3 is 2.35 bits per heavy atom. The summed E-state index contributed by atoms with van der Waals surface area (Å²) in [6, 6.07) is 17.6. The van der Waals surface area contributed by atoms with E-state index in [0.29, 0.717) is 6.61 Å². The van der Waals surface area contributed by atoms with Gasteiger partial charge in [-0.25, -0.2) is 0 Å². The van der Waals surface area contributed by atoms with Crippen molar-refractivity contribution in [1.82, 2.24) is 9.80 Å². The van der Waals surface area contributed by atoms with Crippen LogP contribution in [0.2, 0.25) is 0 Å². The highest BCUT2D eigenvalue weighted by Gasteiger charge is 2.22. The normalized spacial score (nSPS) is 14.9. The van der Waals surface area contributed by atoms with E-state index in [1.165, 1.54) is 5.56 Å². The first-order chi connectivity index (χ1) is 12.8. The van der Waals surface area contributed by atoms with E-state index in [1.54, 1.807) is 0 Å². The molecule has 3 rings (SSSR count). The number of amides is 1. The lowest BCUT2D eigenvalue weighted by molar-refractivity contribution is -0.135. The van der Waals surface area contributed by atoms with Gasteiger partial charge in [0, 0.05) is 38.3 Å². The fourth-order valence-electron chi connectivity index (χ4n) is 3.08. The number of para-hydroxylation sites is 2. The molecule has 5 heteroatoms. The highest BCUT2D eigenvalue weighted by atomic mass is 16.5. The molecular formula is C21H26N2O3. The molecule has 1 aliphatic rings. The van der Waals surface area contributed by atoms with E-state index < -0.39 is 0 Å². The highest BCUT2D eigenvalue weighted by Crippen LogP contribution is 2.20. The van der Waals surface area contributed by atoms with Crippen molar-refractivity contribution in [3.05, 3.63) is 60.2 Å². The van der Waals surface area contributed by atoms with Gasteiger partial charge in [0.25, 0.3) is 5.91 Å². The van der Waals surface area contributed by atoms with E-state index >= 15 is 0 Å². The second-order valence-corrected chi connectivity index (χ2v) is 6.30. The molecule has 0 aliphatic carbocycles. The van der Waals surface area contributed by atoms with Gasteiger partial charge in [-0.2, -0.15) is 0 Å². The van der Waals surface area contributed by atoms with Crippen molar-refractivity contribution in [3.63, 3.8) is 0 Å². The first kappa shape index (κ1) is 18.3. The van der Waals surface area contributed by atoms with E-state index in [1.807, 2.05) is 60.4 Å². The van der Waals surface area contributed by atoms with Crippen LogP contribution in [0.3, 0.4) is 0 Å². The van der Waals surface area contributed by atoms with E-state index in [0.717, 1.165) is 44.2 Å². The Morgan fingerprint density at radius 1 is 0.923 bits per heavy atom. The smallest absolute Gasteiger partial charge is 0.260 e. The van der Waals surface area contributed by atoms with Crippen molar-refractivity contribution in [1.29, 1.82) is 0 Å². The Balaban J connectivity index is 1.46. The Labute approximate surface area is 155 Å². The van der Waals surface area contributed by atoms with Crippen molar-refractivity contribution in [2.75, 3.05) is 39.4 Å². The molecule has 0 unspecified atom stereocenters. The highest BCUT2D eigenvalue weighted by molar-refractivity contribution is 5.77. The molecule has 0 saturated carbocycles. The van der Waals surface area contributed by atoms with Crippen LogP contribution in [0.25, 0.3) is 0 Å². The van der Waals surface area contributed by atoms with Gasteiger partial charge < -0.3 is 14.4 Å². The quantitative estimate of drug-likeness (QED) is 0.767. The van der Waals surface area contributed by atoms with Crippen molar-refractivity contribution < 1.29 is 14.3 Å². The molecule has 26 heavy (non-hydrogen) atoms. The molecule has 0 bridgehead atoms. The average Bonchev–Trinajstić information content (AvgIpc) is 2.69. The maximum Gasteiger partial charge on any atom is 0.260 e. The molecule has 1 heterocycles. The van der Waals surface area contributed by atoms with Crippen LogP contribution in [0, 0.1) is 0 Å². The lowest BCUT2D eigenvalue weighted by atomic mass is 10.1. The second kappa shape index (κ2) is 9.25. The summed E-state index contributed by atoms with van der Waals surface area (Å²) in [5, 5.41) is 0. The fraction of sp³-hybridized carbons (Fsp3) is 0.381. The molecule has 0 radical (unpaired) electrons. The molecule has 2 aromatic carbocycles. The molecule has 5 nitrogen and oxygen atoms in total. The summed E-state index contributed by atoms with van der Waals surface area (Å²) < 4.78 is 11.3. The van der Waals surface area contributed by atoms with Gasteiger partial charge in [-0.1, -0.05) is 36.4 Å². The van der Waals surface area contributed by atoms with Crippen LogP contribution >= 0.6 is 0 Å². The lowest BCUT2D eigenvalue weighted by Crippen LogP contribution is -2.49. The molecule has 0 aromatic heterocycles. The zero-order valence-electron chi connectivity index (χ0n) is 15.3. The Bertz CT molecular complexity index is 697. The van der Waals surface area contributed by atoms with Crippen LogP contribution in [0.5, 0.6) is 11.5 Å². The third-order valence-corrected chi connectivity index (χ3v) is 4.50. The van der Waals surface area contributed by atoms with Gasteiger partial charge in [-0.05, 0) is 25.1 Å². The van der Waals surface area contributed by atoms with Crippen LogP contribution in [0.1, 0.15) is 12.5 Å². The number of carbonyl (C=O) groups excluding carboxylic acids is 1. The first-order valence-electron chi connectivity index (χ1n) is 9.15. The lowest BCUT2D eigenvalue weighted by Gasteiger charge is -2.34. The third kappa shape index (κ3) is 4.99. The van der Waals surface area contributed by atoms with Gasteiger partial charge in [-0.15, -0.1) is 0 Å². The Kier molecular flexibility index (Phi) is 6.50. The summed E-state index contributed by atoms with van der Waals surface area (Å²) >= 11 is 0. The Morgan fingerprint density at radius 2 is 1.62 bits per heavy atom. The average molecular weight is 354 g/mol. The number of nitrogens with zero attached hydrogens (tertiary/aromatic N) is 2. The minimum Gasteiger partial charge on any atom is -0.494 e. The molecule has 0 N–H and O–H groups in total. The van der Waals surface area contributed by atoms with E-state index in [9.17, 15) is 4.79 Å². The molecule has 1 fully saturated rings. The van der Waals surface area contributed by atoms with Crippen molar-refractivity contribution in [2.45, 2.75) is 13.5 Å². The summed E-state index contributed by atoms with van der Waals surface area (Å²) in [5.74, 6) is 1.72. The van der Waals surface area contributed by atoms with Gasteiger partial charge in [0.05, 0.1) is 6.61 Å². The SMILES string of the molecule is CCOc1ccccc1CN1CCN(C(=O)COc2ccccc2)CC1. The van der Waals surface area contributed by atoms with Gasteiger partial charge >= 0.3 is 0 Å². The molecule has 1 aliphatic heterocycles.